The molecular weight excluding hydrogens is 298 g/mol. The van der Waals surface area contributed by atoms with E-state index in [9.17, 15) is 9.59 Å². The maximum Gasteiger partial charge on any atom is 0.250 e. The molecule has 1 aliphatic heterocycles. The van der Waals surface area contributed by atoms with E-state index in [1.165, 1.54) is 11.8 Å². The van der Waals surface area contributed by atoms with Gasteiger partial charge in [-0.1, -0.05) is 23.9 Å². The first kappa shape index (κ1) is 14.6. The Kier molecular flexibility index (Phi) is 3.85. The monoisotopic (exact) mass is 313 g/mol. The highest BCUT2D eigenvalue weighted by atomic mass is 32.2. The van der Waals surface area contributed by atoms with Crippen LogP contribution < -0.4 is 10.6 Å². The number of anilines is 1. The van der Waals surface area contributed by atoms with Gasteiger partial charge in [0.1, 0.15) is 0 Å². The molecule has 0 saturated carbocycles. The van der Waals surface area contributed by atoms with Crippen LogP contribution in [0, 0.1) is 0 Å². The molecule has 0 bridgehead atoms. The van der Waals surface area contributed by atoms with Gasteiger partial charge in [0.15, 0.2) is 4.75 Å². The van der Waals surface area contributed by atoms with Crippen molar-refractivity contribution in [3.05, 3.63) is 54.4 Å². The molecule has 0 fully saturated rings. The lowest BCUT2D eigenvalue weighted by atomic mass is 10.1. The van der Waals surface area contributed by atoms with Crippen LogP contribution in [-0.2, 0) is 16.1 Å². The summed E-state index contributed by atoms with van der Waals surface area (Å²) in [7, 11) is 0. The Balaban J connectivity index is 1.75. The predicted molar refractivity (Wildman–Crippen MR) is 85.4 cm³/mol. The number of hydrogen-bond acceptors (Lipinski definition) is 4. The van der Waals surface area contributed by atoms with Gasteiger partial charge < -0.3 is 10.6 Å². The second kappa shape index (κ2) is 5.81. The zero-order valence-electron chi connectivity index (χ0n) is 12.0. The molecule has 2 amide bonds. The highest BCUT2D eigenvalue weighted by Crippen LogP contribution is 2.42. The van der Waals surface area contributed by atoms with Gasteiger partial charge in [-0.2, -0.15) is 0 Å². The fourth-order valence-corrected chi connectivity index (χ4v) is 3.29. The van der Waals surface area contributed by atoms with Crippen molar-refractivity contribution in [3.8, 4) is 0 Å². The van der Waals surface area contributed by atoms with Gasteiger partial charge >= 0.3 is 0 Å². The quantitative estimate of drug-likeness (QED) is 0.852. The van der Waals surface area contributed by atoms with Crippen molar-refractivity contribution in [3.63, 3.8) is 0 Å². The van der Waals surface area contributed by atoms with Crippen molar-refractivity contribution < 1.29 is 9.59 Å². The molecule has 2 N–H and O–H groups in total. The Morgan fingerprint density at radius 3 is 2.77 bits per heavy atom. The summed E-state index contributed by atoms with van der Waals surface area (Å²) in [4.78, 5) is 29.7. The van der Waals surface area contributed by atoms with Crippen molar-refractivity contribution in [2.45, 2.75) is 23.1 Å². The summed E-state index contributed by atoms with van der Waals surface area (Å²) in [5.41, 5.74) is 1.69. The van der Waals surface area contributed by atoms with Crippen molar-refractivity contribution in [1.82, 2.24) is 10.3 Å². The first-order valence-electron chi connectivity index (χ1n) is 6.86. The van der Waals surface area contributed by atoms with Gasteiger partial charge in [-0.15, -0.1) is 0 Å². The molecule has 0 aliphatic carbocycles. The van der Waals surface area contributed by atoms with Crippen LogP contribution in [0.15, 0.2) is 53.7 Å². The molecule has 3 rings (SSSR count). The van der Waals surface area contributed by atoms with Crippen LogP contribution in [0.3, 0.4) is 0 Å². The second-order valence-corrected chi connectivity index (χ2v) is 6.58. The van der Waals surface area contributed by atoms with E-state index in [0.29, 0.717) is 6.54 Å². The fraction of sp³-hybridized carbons (Fsp3) is 0.188. The number of hydrogen-bond donors (Lipinski definition) is 2. The molecule has 0 unspecified atom stereocenters. The highest BCUT2D eigenvalue weighted by molar-refractivity contribution is 8.02. The topological polar surface area (TPSA) is 71.1 Å². The van der Waals surface area contributed by atoms with E-state index in [0.717, 1.165) is 16.1 Å². The van der Waals surface area contributed by atoms with Crippen molar-refractivity contribution in [2.75, 3.05) is 5.32 Å². The Labute approximate surface area is 132 Å². The lowest BCUT2D eigenvalue weighted by Gasteiger charge is -2.31. The maximum absolute atomic E-state index is 12.5. The fourth-order valence-electron chi connectivity index (χ4n) is 2.17. The van der Waals surface area contributed by atoms with E-state index in [1.807, 2.05) is 36.4 Å². The molecule has 2 aromatic rings. The Morgan fingerprint density at radius 2 is 2.00 bits per heavy atom. The van der Waals surface area contributed by atoms with Crippen LogP contribution in [0.2, 0.25) is 0 Å². The zero-order valence-corrected chi connectivity index (χ0v) is 12.8. The van der Waals surface area contributed by atoms with E-state index in [2.05, 4.69) is 15.6 Å². The summed E-state index contributed by atoms with van der Waals surface area (Å²) in [6.07, 6.45) is 3.34. The molecule has 1 aliphatic rings. The number of aromatic nitrogens is 1. The van der Waals surface area contributed by atoms with Crippen LogP contribution >= 0.6 is 11.8 Å². The summed E-state index contributed by atoms with van der Waals surface area (Å²) in [5.74, 6) is -0.607. The number of carbonyl (C=O) groups is 2. The molecule has 0 radical (unpaired) electrons. The summed E-state index contributed by atoms with van der Waals surface area (Å²) < 4.78 is -1.18. The second-order valence-electron chi connectivity index (χ2n) is 5.12. The molecule has 22 heavy (non-hydrogen) atoms. The normalized spacial score (nSPS) is 20.0. The van der Waals surface area contributed by atoms with E-state index in [-0.39, 0.29) is 11.8 Å². The summed E-state index contributed by atoms with van der Waals surface area (Å²) >= 11 is 1.27. The minimum absolute atomic E-state index is 0.302. The summed E-state index contributed by atoms with van der Waals surface area (Å²) in [5, 5.41) is 5.62. The van der Waals surface area contributed by atoms with Gasteiger partial charge in [0.05, 0.1) is 5.69 Å². The van der Waals surface area contributed by atoms with Crippen LogP contribution in [0.1, 0.15) is 12.5 Å². The van der Waals surface area contributed by atoms with Gasteiger partial charge in [-0.25, -0.2) is 0 Å². The Hall–Kier alpha value is -2.34. The van der Waals surface area contributed by atoms with Gasteiger partial charge in [-0.3, -0.25) is 14.6 Å². The van der Waals surface area contributed by atoms with Gasteiger partial charge in [0, 0.05) is 23.8 Å². The highest BCUT2D eigenvalue weighted by Gasteiger charge is 2.45. The number of rotatable bonds is 3. The maximum atomic E-state index is 12.5. The largest absolute Gasteiger partial charge is 0.350 e. The number of nitrogens with one attached hydrogen (secondary N) is 2. The number of carbonyl (C=O) groups excluding carboxylic acids is 2. The van der Waals surface area contributed by atoms with Gasteiger partial charge in [-0.05, 0) is 36.8 Å². The molecule has 1 atom stereocenters. The Bertz CT molecular complexity index is 720. The number of benzene rings is 1. The van der Waals surface area contributed by atoms with Crippen LogP contribution in [0.25, 0.3) is 0 Å². The first-order chi connectivity index (χ1) is 10.6. The number of amides is 2. The predicted octanol–water partition coefficient (Wildman–Crippen LogP) is 2.20. The number of fused-ring (bicyclic) bond motifs is 1. The molecule has 0 spiro atoms. The summed E-state index contributed by atoms with van der Waals surface area (Å²) in [6.45, 7) is 2.01. The molecule has 112 valence electrons. The molecule has 2 heterocycles. The van der Waals surface area contributed by atoms with E-state index < -0.39 is 4.75 Å². The average Bonchev–Trinajstić information content (AvgIpc) is 2.54. The van der Waals surface area contributed by atoms with Crippen molar-refractivity contribution in [2.24, 2.45) is 0 Å². The zero-order chi connectivity index (χ0) is 15.6. The third kappa shape index (κ3) is 2.69. The van der Waals surface area contributed by atoms with Crippen molar-refractivity contribution in [1.29, 1.82) is 0 Å². The van der Waals surface area contributed by atoms with Crippen LogP contribution in [0.4, 0.5) is 5.69 Å². The SMILES string of the molecule is C[C@]1(C(=O)NCc2ccncc2)Sc2ccccc2NC1=O. The van der Waals surface area contributed by atoms with E-state index in [4.69, 9.17) is 0 Å². The van der Waals surface area contributed by atoms with Gasteiger partial charge in [0.2, 0.25) is 11.8 Å². The smallest absolute Gasteiger partial charge is 0.250 e. The molecule has 0 saturated heterocycles. The molecule has 1 aromatic heterocycles. The molecular formula is C16H15N3O2S. The minimum atomic E-state index is -1.18. The molecule has 1 aromatic carbocycles. The lowest BCUT2D eigenvalue weighted by Crippen LogP contribution is -2.51. The molecule has 5 nitrogen and oxygen atoms in total. The number of para-hydroxylation sites is 1. The number of thioether (sulfide) groups is 1. The minimum Gasteiger partial charge on any atom is -0.350 e. The third-order valence-corrected chi connectivity index (χ3v) is 4.87. The summed E-state index contributed by atoms with van der Waals surface area (Å²) in [6, 6.07) is 11.1. The van der Waals surface area contributed by atoms with Gasteiger partial charge in [0.25, 0.3) is 0 Å². The molecule has 6 heteroatoms. The number of nitrogens with zero attached hydrogens (tertiary/aromatic N) is 1. The van der Waals surface area contributed by atoms with Crippen LogP contribution in [-0.4, -0.2) is 21.5 Å². The standard InChI is InChI=1S/C16H15N3O2S/c1-16(14(20)18-10-11-6-8-17-9-7-11)15(21)19-12-4-2-3-5-13(12)22-16/h2-9H,10H2,1H3,(H,18,20)(H,19,21)/t16-/m1/s1. The van der Waals surface area contributed by atoms with Crippen LogP contribution in [0.5, 0.6) is 0 Å². The lowest BCUT2D eigenvalue weighted by molar-refractivity contribution is -0.130. The van der Waals surface area contributed by atoms with Crippen molar-refractivity contribution >= 4 is 29.3 Å². The average molecular weight is 313 g/mol. The first-order valence-corrected chi connectivity index (χ1v) is 7.68. The number of pyridine rings is 1. The van der Waals surface area contributed by atoms with E-state index >= 15 is 0 Å². The Morgan fingerprint density at radius 1 is 1.27 bits per heavy atom. The third-order valence-electron chi connectivity index (χ3n) is 3.52. The van der Waals surface area contributed by atoms with E-state index in [1.54, 1.807) is 19.3 Å².